The summed E-state index contributed by atoms with van der Waals surface area (Å²) in [5.41, 5.74) is 5.63. The van der Waals surface area contributed by atoms with Crippen molar-refractivity contribution in [1.29, 1.82) is 5.26 Å². The van der Waals surface area contributed by atoms with Crippen LogP contribution in [-0.4, -0.2) is 14.1 Å². The van der Waals surface area contributed by atoms with Crippen LogP contribution < -0.4 is 33.1 Å². The van der Waals surface area contributed by atoms with Gasteiger partial charge in [0.25, 0.3) is 5.56 Å². The average molecular weight is 441 g/mol. The predicted octanol–water partition coefficient (Wildman–Crippen LogP) is 1.33. The molecule has 0 aliphatic carbocycles. The maximum atomic E-state index is 14.2. The van der Waals surface area contributed by atoms with Crippen LogP contribution in [0, 0.1) is 31.0 Å². The number of anilines is 3. The van der Waals surface area contributed by atoms with E-state index < -0.39 is 23.1 Å². The van der Waals surface area contributed by atoms with Crippen LogP contribution in [0.5, 0.6) is 0 Å². The van der Waals surface area contributed by atoms with E-state index in [0.717, 1.165) is 25.8 Å². The number of aryl methyl sites for hydroxylation is 1. The number of aromatic nitrogens is 3. The topological polar surface area (TPSA) is 136 Å². The molecule has 0 saturated heterocycles. The van der Waals surface area contributed by atoms with Crippen molar-refractivity contribution in [2.24, 2.45) is 5.84 Å². The van der Waals surface area contributed by atoms with Gasteiger partial charge in [0.2, 0.25) is 0 Å². The van der Waals surface area contributed by atoms with E-state index in [0.29, 0.717) is 0 Å². The maximum absolute atomic E-state index is 14.2. The second-order valence-corrected chi connectivity index (χ2v) is 7.68. The molecule has 2 unspecified atom stereocenters. The maximum Gasteiger partial charge on any atom is 0.337 e. The summed E-state index contributed by atoms with van der Waals surface area (Å²) in [6.07, 6.45) is 2.93. The third-order valence-corrected chi connectivity index (χ3v) is 5.29. The molecule has 3 rings (SSSR count). The molecule has 2 heterocycles. The summed E-state index contributed by atoms with van der Waals surface area (Å²) in [4.78, 5) is 30.7. The molecule has 0 spiro atoms. The zero-order valence-corrected chi connectivity index (χ0v) is 18.3. The van der Waals surface area contributed by atoms with Gasteiger partial charge in [-0.1, -0.05) is 0 Å². The molecule has 2 atom stereocenters. The van der Waals surface area contributed by atoms with Crippen LogP contribution in [0.3, 0.4) is 0 Å². The van der Waals surface area contributed by atoms with E-state index in [1.807, 2.05) is 6.07 Å². The average Bonchev–Trinajstić information content (AvgIpc) is 2.70. The Morgan fingerprint density at radius 3 is 2.55 bits per heavy atom. The van der Waals surface area contributed by atoms with Gasteiger partial charge < -0.3 is 5.73 Å². The summed E-state index contributed by atoms with van der Waals surface area (Å²) >= 11 is 0. The van der Waals surface area contributed by atoms with Gasteiger partial charge in [-0.25, -0.2) is 19.6 Å². The Labute approximate surface area is 179 Å². The molecule has 9 nitrogen and oxygen atoms in total. The minimum atomic E-state index is -0.909. The van der Waals surface area contributed by atoms with Crippen LogP contribution in [0.25, 0.3) is 5.69 Å². The molecule has 160 valence electrons. The molecule has 0 radical (unpaired) electrons. The highest BCUT2D eigenvalue weighted by Crippen LogP contribution is 2.28. The lowest BCUT2D eigenvalue weighted by Crippen LogP contribution is -2.45. The number of nitrogen functional groups attached to an aromatic ring is 1. The van der Waals surface area contributed by atoms with Gasteiger partial charge in [0, 0.05) is 17.6 Å². The highest BCUT2D eigenvalue weighted by molar-refractivity contribution is 7.27. The molecule has 1 aromatic carbocycles. The first-order valence-corrected chi connectivity index (χ1v) is 9.75. The van der Waals surface area contributed by atoms with E-state index in [4.69, 9.17) is 11.6 Å². The first-order chi connectivity index (χ1) is 14.6. The Morgan fingerprint density at radius 1 is 1.26 bits per heavy atom. The van der Waals surface area contributed by atoms with Crippen molar-refractivity contribution in [2.75, 3.05) is 10.7 Å². The van der Waals surface area contributed by atoms with Gasteiger partial charge in [-0.3, -0.25) is 19.4 Å². The van der Waals surface area contributed by atoms with Gasteiger partial charge in [0.05, 0.1) is 35.0 Å². The van der Waals surface area contributed by atoms with Gasteiger partial charge >= 0.3 is 5.69 Å². The van der Waals surface area contributed by atoms with Crippen molar-refractivity contribution >= 4 is 31.6 Å². The quantitative estimate of drug-likeness (QED) is 0.270. The highest BCUT2D eigenvalue weighted by atomic mass is 31.0. The zero-order valence-electron chi connectivity index (χ0n) is 17.1. The molecule has 0 aliphatic heterocycles. The van der Waals surface area contributed by atoms with E-state index in [2.05, 4.69) is 14.2 Å². The summed E-state index contributed by atoms with van der Waals surface area (Å²) in [5, 5.41) is 10.6. The van der Waals surface area contributed by atoms with Gasteiger partial charge in [-0.05, 0) is 38.5 Å². The first-order valence-electron chi connectivity index (χ1n) is 9.17. The number of nitriles is 1. The number of halogens is 1. The molecular weight excluding hydrogens is 420 g/mol. The number of nitrogens with two attached hydrogens (primary N) is 2. The summed E-state index contributed by atoms with van der Waals surface area (Å²) in [7, 11) is 2.21. The van der Waals surface area contributed by atoms with Crippen molar-refractivity contribution in [2.45, 2.75) is 26.8 Å². The van der Waals surface area contributed by atoms with Gasteiger partial charge in [-0.2, -0.15) is 5.26 Å². The van der Waals surface area contributed by atoms with Crippen molar-refractivity contribution < 1.29 is 4.39 Å². The van der Waals surface area contributed by atoms with Crippen molar-refractivity contribution in [1.82, 2.24) is 14.1 Å². The molecule has 0 fully saturated rings. The molecule has 2 aromatic heterocycles. The van der Waals surface area contributed by atoms with Crippen molar-refractivity contribution in [3.63, 3.8) is 0 Å². The number of hydrazine groups is 1. The number of pyridine rings is 1. The Hall–Kier alpha value is -3.54. The summed E-state index contributed by atoms with van der Waals surface area (Å²) in [5.74, 6) is 5.63. The largest absolute Gasteiger partial charge is 0.397 e. The summed E-state index contributed by atoms with van der Waals surface area (Å²) < 4.78 is 16.2. The molecule has 0 amide bonds. The van der Waals surface area contributed by atoms with Gasteiger partial charge in [0.1, 0.15) is 17.5 Å². The fraction of sp³-hybridized carbons (Fsp3) is 0.200. The lowest BCUT2D eigenvalue weighted by atomic mass is 10.2. The van der Waals surface area contributed by atoms with E-state index in [1.54, 1.807) is 19.2 Å². The Kier molecular flexibility index (Phi) is 5.93. The molecule has 0 aliphatic rings. The minimum Gasteiger partial charge on any atom is -0.397 e. The summed E-state index contributed by atoms with van der Waals surface area (Å²) in [6, 6.07) is 5.15. The molecule has 0 bridgehead atoms. The van der Waals surface area contributed by atoms with Crippen molar-refractivity contribution in [3.8, 4) is 11.8 Å². The Morgan fingerprint density at radius 2 is 1.94 bits per heavy atom. The van der Waals surface area contributed by atoms with Crippen LogP contribution in [0.15, 0.2) is 40.2 Å². The first kappa shape index (κ1) is 22.2. The molecule has 11 heteroatoms. The number of nitrogens with zero attached hydrogens (tertiary/aromatic N) is 5. The second kappa shape index (κ2) is 8.30. The lowest BCUT2D eigenvalue weighted by molar-refractivity contribution is 0.582. The van der Waals surface area contributed by atoms with Gasteiger partial charge in [0.15, 0.2) is 0 Å². The molecule has 31 heavy (non-hydrogen) atoms. The number of hydrogen-bond donors (Lipinski definition) is 2. The third kappa shape index (κ3) is 3.81. The van der Waals surface area contributed by atoms with Gasteiger partial charge in [-0.15, -0.1) is 9.24 Å². The minimum absolute atomic E-state index is 0.0348. The van der Waals surface area contributed by atoms with Crippen LogP contribution in [0.4, 0.5) is 21.5 Å². The number of benzene rings is 1. The fourth-order valence-electron chi connectivity index (χ4n) is 3.32. The smallest absolute Gasteiger partial charge is 0.337 e. The van der Waals surface area contributed by atoms with Crippen LogP contribution >= 0.6 is 9.24 Å². The van der Waals surface area contributed by atoms with Crippen molar-refractivity contribution in [3.05, 3.63) is 68.5 Å². The Bertz CT molecular complexity index is 1340. The molecule has 4 N–H and O–H groups in total. The monoisotopic (exact) mass is 441 g/mol. The molecule has 0 saturated carbocycles. The lowest BCUT2D eigenvalue weighted by Gasteiger charge is -2.25. The fourth-order valence-corrected chi connectivity index (χ4v) is 3.58. The standard InChI is InChI=1S/C20H21FN7O2P/c1-10-4-13(9-25-8-10)27-19(29)18(12(3)26(20(27)30)11(2)7-22)28(24)16-5-14(21)17(31)6-15(16)23/h4-6,8-9,11H,23-24,31H2,1-3H3. The van der Waals surface area contributed by atoms with Crippen LogP contribution in [0.1, 0.15) is 24.2 Å². The van der Waals surface area contributed by atoms with Crippen LogP contribution in [0.2, 0.25) is 0 Å². The second-order valence-electron chi connectivity index (χ2n) is 7.06. The predicted molar refractivity (Wildman–Crippen MR) is 120 cm³/mol. The molecule has 3 aromatic rings. The highest BCUT2D eigenvalue weighted by Gasteiger charge is 2.25. The van der Waals surface area contributed by atoms with Crippen LogP contribution in [-0.2, 0) is 0 Å². The summed E-state index contributed by atoms with van der Waals surface area (Å²) in [6.45, 7) is 4.76. The normalized spacial score (nSPS) is 11.8. The SMILES string of the molecule is Cc1cncc(-n2c(=O)c(N(N)c3cc(F)c(P)cc3N)c(C)n(C(C)C#N)c2=O)c1. The van der Waals surface area contributed by atoms with E-state index in [9.17, 15) is 19.2 Å². The van der Waals surface area contributed by atoms with E-state index in [1.165, 1.54) is 26.1 Å². The zero-order chi connectivity index (χ0) is 23.0. The number of hydrogen-bond acceptors (Lipinski definition) is 7. The third-order valence-electron chi connectivity index (χ3n) is 4.85. The van der Waals surface area contributed by atoms with E-state index >= 15 is 0 Å². The van der Waals surface area contributed by atoms with E-state index in [-0.39, 0.29) is 33.7 Å². The number of rotatable bonds is 4. The molecular formula is C20H21FN7O2P. The Balaban J connectivity index is 2.42.